The lowest BCUT2D eigenvalue weighted by molar-refractivity contribution is -0.0533. The van der Waals surface area contributed by atoms with Crippen LogP contribution in [0.4, 0.5) is 8.78 Å². The number of halogens is 2. The topological polar surface area (TPSA) is 90.5 Å². The number of nitrogens with zero attached hydrogens (tertiary/aromatic N) is 3. The van der Waals surface area contributed by atoms with Crippen LogP contribution in [0.15, 0.2) is 24.4 Å². The lowest BCUT2D eigenvalue weighted by Crippen LogP contribution is -2.47. The molecule has 7 nitrogen and oxygen atoms in total. The van der Waals surface area contributed by atoms with Gasteiger partial charge in [0.25, 0.3) is 10.0 Å². The van der Waals surface area contributed by atoms with E-state index in [0.29, 0.717) is 31.8 Å². The van der Waals surface area contributed by atoms with Gasteiger partial charge < -0.3 is 10.5 Å². The van der Waals surface area contributed by atoms with E-state index in [1.54, 1.807) is 6.20 Å². The molecule has 1 aromatic heterocycles. The minimum atomic E-state index is -3.46. The Kier molecular flexibility index (Phi) is 4.53. The molecule has 3 atom stereocenters. The molecular weight excluding hydrogens is 378 g/mol. The minimum Gasteiger partial charge on any atom is -0.370 e. The number of fused-ring (bicyclic) bond motifs is 1. The van der Waals surface area contributed by atoms with Crippen molar-refractivity contribution < 1.29 is 21.9 Å². The number of hydrogen-bond donors (Lipinski definition) is 1. The predicted octanol–water partition coefficient (Wildman–Crippen LogP) is 1.14. The SMILES string of the molecule is CS(=O)(=O)n1ncc2c1CN(C1COC(c3cc(F)ccc3F)C(N)C1)C2. The summed E-state index contributed by atoms with van der Waals surface area (Å²) in [5.74, 6) is -1.08. The van der Waals surface area contributed by atoms with E-state index < -0.39 is 33.8 Å². The van der Waals surface area contributed by atoms with Gasteiger partial charge in [-0.1, -0.05) is 0 Å². The Hall–Kier alpha value is -1.88. The van der Waals surface area contributed by atoms with Crippen molar-refractivity contribution in [3.63, 3.8) is 0 Å². The monoisotopic (exact) mass is 398 g/mol. The summed E-state index contributed by atoms with van der Waals surface area (Å²) in [6.45, 7) is 1.26. The molecule has 2 aromatic rings. The van der Waals surface area contributed by atoms with Gasteiger partial charge in [0, 0.05) is 36.3 Å². The van der Waals surface area contributed by atoms with Gasteiger partial charge in [-0.2, -0.15) is 9.19 Å². The molecule has 2 aliphatic heterocycles. The van der Waals surface area contributed by atoms with E-state index in [-0.39, 0.29) is 11.6 Å². The summed E-state index contributed by atoms with van der Waals surface area (Å²) in [5.41, 5.74) is 7.83. The van der Waals surface area contributed by atoms with Crippen molar-refractivity contribution in [2.75, 3.05) is 12.9 Å². The number of nitrogens with two attached hydrogens (primary N) is 1. The third-order valence-electron chi connectivity index (χ3n) is 5.14. The van der Waals surface area contributed by atoms with E-state index in [1.807, 2.05) is 0 Å². The van der Waals surface area contributed by atoms with Gasteiger partial charge in [-0.3, -0.25) is 4.90 Å². The fourth-order valence-corrected chi connectivity index (χ4v) is 4.64. The molecule has 4 rings (SSSR count). The van der Waals surface area contributed by atoms with Crippen LogP contribution in [-0.2, 0) is 27.8 Å². The zero-order valence-corrected chi connectivity index (χ0v) is 15.5. The molecular formula is C17H20F2N4O3S. The summed E-state index contributed by atoms with van der Waals surface area (Å²) in [6.07, 6.45) is 2.48. The van der Waals surface area contributed by atoms with Crippen molar-refractivity contribution in [3.05, 3.63) is 52.9 Å². The summed E-state index contributed by atoms with van der Waals surface area (Å²) in [4.78, 5) is 2.08. The average Bonchev–Trinajstić information content (AvgIpc) is 3.16. The number of ether oxygens (including phenoxy) is 1. The largest absolute Gasteiger partial charge is 0.370 e. The van der Waals surface area contributed by atoms with Crippen LogP contribution in [0, 0.1) is 11.6 Å². The molecule has 1 fully saturated rings. The van der Waals surface area contributed by atoms with Gasteiger partial charge in [0.05, 0.1) is 24.8 Å². The molecule has 0 bridgehead atoms. The Morgan fingerprint density at radius 3 is 2.78 bits per heavy atom. The van der Waals surface area contributed by atoms with Crippen LogP contribution in [0.5, 0.6) is 0 Å². The number of hydrogen-bond acceptors (Lipinski definition) is 6. The number of rotatable bonds is 3. The molecule has 1 saturated heterocycles. The Labute approximate surface area is 155 Å². The highest BCUT2D eigenvalue weighted by molar-refractivity contribution is 7.89. The molecule has 3 heterocycles. The molecule has 1 aromatic carbocycles. The lowest BCUT2D eigenvalue weighted by atomic mass is 9.93. The maximum Gasteiger partial charge on any atom is 0.251 e. The predicted molar refractivity (Wildman–Crippen MR) is 93.1 cm³/mol. The van der Waals surface area contributed by atoms with Crippen LogP contribution in [0.25, 0.3) is 0 Å². The van der Waals surface area contributed by atoms with E-state index in [0.717, 1.165) is 34.1 Å². The van der Waals surface area contributed by atoms with Crippen molar-refractivity contribution in [2.45, 2.75) is 37.7 Å². The van der Waals surface area contributed by atoms with Gasteiger partial charge in [0.2, 0.25) is 0 Å². The second-order valence-electron chi connectivity index (χ2n) is 7.10. The fourth-order valence-electron chi connectivity index (χ4n) is 3.85. The van der Waals surface area contributed by atoms with E-state index in [4.69, 9.17) is 10.5 Å². The Morgan fingerprint density at radius 2 is 2.07 bits per heavy atom. The van der Waals surface area contributed by atoms with E-state index >= 15 is 0 Å². The molecule has 0 spiro atoms. The van der Waals surface area contributed by atoms with Crippen molar-refractivity contribution in [1.82, 2.24) is 14.1 Å². The van der Waals surface area contributed by atoms with Crippen molar-refractivity contribution in [2.24, 2.45) is 5.73 Å². The molecule has 0 saturated carbocycles. The summed E-state index contributed by atoms with van der Waals surface area (Å²) < 4.78 is 58.0. The first-order valence-electron chi connectivity index (χ1n) is 8.56. The maximum absolute atomic E-state index is 14.0. The first-order chi connectivity index (χ1) is 12.7. The summed E-state index contributed by atoms with van der Waals surface area (Å²) in [7, 11) is -3.46. The van der Waals surface area contributed by atoms with Crippen molar-refractivity contribution in [1.29, 1.82) is 0 Å². The normalized spacial score (nSPS) is 26.3. The average molecular weight is 398 g/mol. The Bertz CT molecular complexity index is 979. The second kappa shape index (κ2) is 6.62. The third kappa shape index (κ3) is 3.38. The molecule has 3 unspecified atom stereocenters. The highest BCUT2D eigenvalue weighted by Gasteiger charge is 2.37. The zero-order chi connectivity index (χ0) is 19.3. The number of aromatic nitrogens is 2. The molecule has 27 heavy (non-hydrogen) atoms. The molecule has 0 radical (unpaired) electrons. The van der Waals surface area contributed by atoms with E-state index in [2.05, 4.69) is 10.00 Å². The van der Waals surface area contributed by atoms with Crippen LogP contribution in [0.3, 0.4) is 0 Å². The molecule has 0 amide bonds. The van der Waals surface area contributed by atoms with Gasteiger partial charge in [0.1, 0.15) is 17.7 Å². The molecule has 10 heteroatoms. The van der Waals surface area contributed by atoms with Crippen LogP contribution in [0.2, 0.25) is 0 Å². The van der Waals surface area contributed by atoms with Gasteiger partial charge in [-0.05, 0) is 24.6 Å². The van der Waals surface area contributed by atoms with Crippen LogP contribution in [0.1, 0.15) is 29.3 Å². The molecule has 146 valence electrons. The van der Waals surface area contributed by atoms with E-state index in [9.17, 15) is 17.2 Å². The standard InChI is InChI=1S/C17H20F2N4O3S/c1-27(24,25)23-16-8-22(7-10(16)6-21-23)12-5-15(20)17(26-9-12)13-4-11(18)2-3-14(13)19/h2-4,6,12,15,17H,5,7-9,20H2,1H3. The van der Waals surface area contributed by atoms with Gasteiger partial charge >= 0.3 is 0 Å². The summed E-state index contributed by atoms with van der Waals surface area (Å²) in [6, 6.07) is 2.69. The van der Waals surface area contributed by atoms with E-state index in [1.165, 1.54) is 0 Å². The zero-order valence-electron chi connectivity index (χ0n) is 14.7. The summed E-state index contributed by atoms with van der Waals surface area (Å²) in [5, 5.41) is 3.94. The van der Waals surface area contributed by atoms with Crippen LogP contribution < -0.4 is 5.73 Å². The highest BCUT2D eigenvalue weighted by Crippen LogP contribution is 2.34. The first-order valence-corrected chi connectivity index (χ1v) is 10.4. The number of benzene rings is 1. The molecule has 2 aliphatic rings. The Balaban J connectivity index is 1.48. The van der Waals surface area contributed by atoms with Gasteiger partial charge in [-0.15, -0.1) is 0 Å². The smallest absolute Gasteiger partial charge is 0.251 e. The van der Waals surface area contributed by atoms with Gasteiger partial charge in [-0.25, -0.2) is 17.2 Å². The van der Waals surface area contributed by atoms with Crippen LogP contribution >= 0.6 is 0 Å². The van der Waals surface area contributed by atoms with Crippen molar-refractivity contribution >= 4 is 10.0 Å². The van der Waals surface area contributed by atoms with Crippen molar-refractivity contribution in [3.8, 4) is 0 Å². The lowest BCUT2D eigenvalue weighted by Gasteiger charge is -2.38. The third-order valence-corrected chi connectivity index (χ3v) is 6.09. The highest BCUT2D eigenvalue weighted by atomic mass is 32.2. The minimum absolute atomic E-state index is 0.0479. The summed E-state index contributed by atoms with van der Waals surface area (Å²) >= 11 is 0. The first kappa shape index (κ1) is 18.5. The molecule has 0 aliphatic carbocycles. The maximum atomic E-state index is 14.0. The van der Waals surface area contributed by atoms with Gasteiger partial charge in [0.15, 0.2) is 0 Å². The molecule has 2 N–H and O–H groups in total. The quantitative estimate of drug-likeness (QED) is 0.834. The fraction of sp³-hybridized carbons (Fsp3) is 0.471. The van der Waals surface area contributed by atoms with Crippen LogP contribution in [-0.4, -0.2) is 47.4 Å². The Morgan fingerprint density at radius 1 is 1.30 bits per heavy atom. The second-order valence-corrected chi connectivity index (χ2v) is 8.91.